The summed E-state index contributed by atoms with van der Waals surface area (Å²) in [5.41, 5.74) is 0.134. The van der Waals surface area contributed by atoms with Crippen LogP contribution in [0.4, 0.5) is 4.39 Å². The van der Waals surface area contributed by atoms with Crippen molar-refractivity contribution in [3.63, 3.8) is 0 Å². The first-order chi connectivity index (χ1) is 9.15. The molecule has 0 aliphatic carbocycles. The number of likely N-dealkylation sites (N-methyl/N-ethyl adjacent to an activating group) is 1. The van der Waals surface area contributed by atoms with E-state index in [2.05, 4.69) is 21.2 Å². The van der Waals surface area contributed by atoms with Crippen LogP contribution in [0.3, 0.4) is 0 Å². The molecule has 3 nitrogen and oxygen atoms in total. The molecule has 1 fully saturated rings. The van der Waals surface area contributed by atoms with Crippen molar-refractivity contribution in [2.45, 2.75) is 25.8 Å². The second-order valence-electron chi connectivity index (χ2n) is 4.69. The SMILES string of the molecule is CCN(C(=O)c1c(F)cccc1Br)C1CCCNC1. The van der Waals surface area contributed by atoms with Crippen molar-refractivity contribution in [3.05, 3.63) is 34.1 Å². The summed E-state index contributed by atoms with van der Waals surface area (Å²) in [6.45, 7) is 4.30. The fourth-order valence-corrected chi connectivity index (χ4v) is 3.02. The predicted molar refractivity (Wildman–Crippen MR) is 76.7 cm³/mol. The van der Waals surface area contributed by atoms with Crippen LogP contribution in [0.25, 0.3) is 0 Å². The zero-order valence-electron chi connectivity index (χ0n) is 11.0. The van der Waals surface area contributed by atoms with Gasteiger partial charge < -0.3 is 10.2 Å². The molecule has 1 aromatic rings. The first kappa shape index (κ1) is 14.5. The van der Waals surface area contributed by atoms with Crippen LogP contribution in [0.5, 0.6) is 0 Å². The van der Waals surface area contributed by atoms with Crippen LogP contribution in [-0.2, 0) is 0 Å². The number of amides is 1. The number of carbonyl (C=O) groups excluding carboxylic acids is 1. The molecule has 0 aromatic heterocycles. The van der Waals surface area contributed by atoms with Crippen molar-refractivity contribution < 1.29 is 9.18 Å². The van der Waals surface area contributed by atoms with E-state index in [9.17, 15) is 9.18 Å². The lowest BCUT2D eigenvalue weighted by atomic mass is 10.0. The lowest BCUT2D eigenvalue weighted by Crippen LogP contribution is -2.48. The second-order valence-corrected chi connectivity index (χ2v) is 5.54. The molecule has 1 aromatic carbocycles. The molecule has 1 heterocycles. The van der Waals surface area contributed by atoms with E-state index in [0.29, 0.717) is 11.0 Å². The van der Waals surface area contributed by atoms with Gasteiger partial charge in [0.25, 0.3) is 5.91 Å². The summed E-state index contributed by atoms with van der Waals surface area (Å²) in [4.78, 5) is 14.3. The Balaban J connectivity index is 2.25. The summed E-state index contributed by atoms with van der Waals surface area (Å²) in [6.07, 6.45) is 2.02. The normalized spacial score (nSPS) is 19.2. The first-order valence-electron chi connectivity index (χ1n) is 6.60. The molecule has 1 atom stereocenters. The molecule has 0 saturated carbocycles. The highest BCUT2D eigenvalue weighted by Crippen LogP contribution is 2.23. The van der Waals surface area contributed by atoms with E-state index in [4.69, 9.17) is 0 Å². The molecular formula is C14H18BrFN2O. The van der Waals surface area contributed by atoms with Gasteiger partial charge in [0.05, 0.1) is 5.56 Å². The number of hydrogen-bond donors (Lipinski definition) is 1. The van der Waals surface area contributed by atoms with Crippen LogP contribution in [0.15, 0.2) is 22.7 Å². The number of nitrogens with one attached hydrogen (secondary N) is 1. The molecule has 104 valence electrons. The van der Waals surface area contributed by atoms with E-state index >= 15 is 0 Å². The monoisotopic (exact) mass is 328 g/mol. The first-order valence-corrected chi connectivity index (χ1v) is 7.40. The number of halogens is 2. The molecule has 5 heteroatoms. The molecular weight excluding hydrogens is 311 g/mol. The quantitative estimate of drug-likeness (QED) is 0.925. The Bertz CT molecular complexity index is 441. The summed E-state index contributed by atoms with van der Waals surface area (Å²) < 4.78 is 14.4. The zero-order valence-corrected chi connectivity index (χ0v) is 12.5. The molecule has 1 saturated heterocycles. The van der Waals surface area contributed by atoms with Crippen LogP contribution < -0.4 is 5.32 Å². The maximum absolute atomic E-state index is 13.9. The van der Waals surface area contributed by atoms with Crippen molar-refractivity contribution in [1.82, 2.24) is 10.2 Å². The maximum atomic E-state index is 13.9. The summed E-state index contributed by atoms with van der Waals surface area (Å²) in [5, 5.41) is 3.29. The van der Waals surface area contributed by atoms with Gasteiger partial charge in [-0.1, -0.05) is 6.07 Å². The Morgan fingerprint density at radius 2 is 2.37 bits per heavy atom. The predicted octanol–water partition coefficient (Wildman–Crippen LogP) is 2.80. The number of rotatable bonds is 3. The molecule has 0 bridgehead atoms. The Kier molecular flexibility index (Phi) is 4.93. The molecule has 1 N–H and O–H groups in total. The van der Waals surface area contributed by atoms with E-state index in [1.54, 1.807) is 17.0 Å². The fourth-order valence-electron chi connectivity index (χ4n) is 2.51. The number of benzene rings is 1. The fraction of sp³-hybridized carbons (Fsp3) is 0.500. The highest BCUT2D eigenvalue weighted by Gasteiger charge is 2.27. The Labute approximate surface area is 121 Å². The van der Waals surface area contributed by atoms with Gasteiger partial charge in [-0.15, -0.1) is 0 Å². The third kappa shape index (κ3) is 3.15. The van der Waals surface area contributed by atoms with Crippen molar-refractivity contribution in [2.24, 2.45) is 0 Å². The van der Waals surface area contributed by atoms with Gasteiger partial charge in [0.15, 0.2) is 0 Å². The van der Waals surface area contributed by atoms with Gasteiger partial charge >= 0.3 is 0 Å². The van der Waals surface area contributed by atoms with E-state index in [-0.39, 0.29) is 17.5 Å². The van der Waals surface area contributed by atoms with Gasteiger partial charge in [-0.3, -0.25) is 4.79 Å². The molecule has 0 radical (unpaired) electrons. The Hall–Kier alpha value is -0.940. The summed E-state index contributed by atoms with van der Waals surface area (Å²) in [6, 6.07) is 4.76. The van der Waals surface area contributed by atoms with Crippen molar-refractivity contribution in [2.75, 3.05) is 19.6 Å². The lowest BCUT2D eigenvalue weighted by Gasteiger charge is -2.34. The van der Waals surface area contributed by atoms with Crippen LogP contribution in [0, 0.1) is 5.82 Å². The topological polar surface area (TPSA) is 32.3 Å². The largest absolute Gasteiger partial charge is 0.335 e. The molecule has 1 amide bonds. The molecule has 19 heavy (non-hydrogen) atoms. The smallest absolute Gasteiger partial charge is 0.258 e. The van der Waals surface area contributed by atoms with E-state index < -0.39 is 5.82 Å². The van der Waals surface area contributed by atoms with Crippen molar-refractivity contribution >= 4 is 21.8 Å². The lowest BCUT2D eigenvalue weighted by molar-refractivity contribution is 0.0656. The summed E-state index contributed by atoms with van der Waals surface area (Å²) in [7, 11) is 0. The number of carbonyl (C=O) groups is 1. The third-order valence-electron chi connectivity index (χ3n) is 3.49. The van der Waals surface area contributed by atoms with Gasteiger partial charge in [-0.05, 0) is 54.4 Å². The van der Waals surface area contributed by atoms with Gasteiger partial charge in [0, 0.05) is 23.6 Å². The van der Waals surface area contributed by atoms with Gasteiger partial charge in [0.1, 0.15) is 5.82 Å². The van der Waals surface area contributed by atoms with Crippen molar-refractivity contribution in [1.29, 1.82) is 0 Å². The Morgan fingerprint density at radius 1 is 1.58 bits per heavy atom. The highest BCUT2D eigenvalue weighted by molar-refractivity contribution is 9.10. The van der Waals surface area contributed by atoms with Crippen LogP contribution in [0.2, 0.25) is 0 Å². The zero-order chi connectivity index (χ0) is 13.8. The highest BCUT2D eigenvalue weighted by atomic mass is 79.9. The standard InChI is InChI=1S/C14H18BrFN2O/c1-2-18(10-5-4-8-17-9-10)14(19)13-11(15)6-3-7-12(13)16/h3,6-7,10,17H,2,4-5,8-9H2,1H3. The Morgan fingerprint density at radius 3 is 2.95 bits per heavy atom. The van der Waals surface area contributed by atoms with Crippen LogP contribution >= 0.6 is 15.9 Å². The van der Waals surface area contributed by atoms with Gasteiger partial charge in [-0.25, -0.2) is 4.39 Å². The van der Waals surface area contributed by atoms with Gasteiger partial charge in [0.2, 0.25) is 0 Å². The third-order valence-corrected chi connectivity index (χ3v) is 4.15. The van der Waals surface area contributed by atoms with E-state index in [1.807, 2.05) is 6.92 Å². The minimum Gasteiger partial charge on any atom is -0.335 e. The van der Waals surface area contributed by atoms with E-state index in [0.717, 1.165) is 25.9 Å². The number of piperidine rings is 1. The molecule has 1 unspecified atom stereocenters. The molecule has 1 aliphatic rings. The van der Waals surface area contributed by atoms with Gasteiger partial charge in [-0.2, -0.15) is 0 Å². The number of hydrogen-bond acceptors (Lipinski definition) is 2. The average Bonchev–Trinajstić information content (AvgIpc) is 2.40. The van der Waals surface area contributed by atoms with Crippen LogP contribution in [-0.4, -0.2) is 36.5 Å². The number of nitrogens with zero attached hydrogens (tertiary/aromatic N) is 1. The minimum atomic E-state index is -0.471. The molecule has 0 spiro atoms. The van der Waals surface area contributed by atoms with E-state index in [1.165, 1.54) is 6.07 Å². The summed E-state index contributed by atoms with van der Waals surface area (Å²) in [5.74, 6) is -0.706. The molecule has 2 rings (SSSR count). The van der Waals surface area contributed by atoms with Crippen LogP contribution in [0.1, 0.15) is 30.1 Å². The maximum Gasteiger partial charge on any atom is 0.258 e. The summed E-state index contributed by atoms with van der Waals surface area (Å²) >= 11 is 3.27. The molecule has 1 aliphatic heterocycles. The minimum absolute atomic E-state index is 0.134. The second kappa shape index (κ2) is 6.48. The van der Waals surface area contributed by atoms with Crippen molar-refractivity contribution in [3.8, 4) is 0 Å². The average molecular weight is 329 g/mol.